The number of benzene rings is 1. The monoisotopic (exact) mass is 244 g/mol. The van der Waals surface area contributed by atoms with Crippen LogP contribution in [0.1, 0.15) is 10.4 Å². The van der Waals surface area contributed by atoms with Crippen LogP contribution in [0.15, 0.2) is 18.2 Å². The van der Waals surface area contributed by atoms with Crippen molar-refractivity contribution in [3.8, 4) is 0 Å². The highest BCUT2D eigenvalue weighted by Crippen LogP contribution is 2.14. The third-order valence-corrected chi connectivity index (χ3v) is 2.89. The van der Waals surface area contributed by atoms with Gasteiger partial charge in [0.25, 0.3) is 0 Å². The first-order valence-electron chi connectivity index (χ1n) is 4.92. The number of carbonyl (C=O) groups excluding carboxylic acids is 1. The van der Waals surface area contributed by atoms with Crippen molar-refractivity contribution in [1.82, 2.24) is 0 Å². The summed E-state index contributed by atoms with van der Waals surface area (Å²) in [5.41, 5.74) is -0.513. The van der Waals surface area contributed by atoms with Crippen molar-refractivity contribution in [1.29, 1.82) is 0 Å². The van der Waals surface area contributed by atoms with Gasteiger partial charge in [0.2, 0.25) is 0 Å². The molecule has 0 amide bonds. The molecule has 0 aliphatic carbocycles. The first-order chi connectivity index (χ1) is 7.31. The van der Waals surface area contributed by atoms with Gasteiger partial charge in [0.05, 0.1) is 12.2 Å². The highest BCUT2D eigenvalue weighted by molar-refractivity contribution is 6.69. The van der Waals surface area contributed by atoms with E-state index < -0.39 is 31.3 Å². The number of carbonyl (C=O) groups is 1. The molecular weight excluding hydrogens is 230 g/mol. The molecule has 0 heterocycles. The molecule has 0 saturated carbocycles. The van der Waals surface area contributed by atoms with Crippen LogP contribution in [0, 0.1) is 11.6 Å². The predicted octanol–water partition coefficient (Wildman–Crippen LogP) is 3.00. The van der Waals surface area contributed by atoms with Gasteiger partial charge in [0.1, 0.15) is 11.6 Å². The van der Waals surface area contributed by atoms with Crippen LogP contribution in [-0.2, 0) is 4.43 Å². The van der Waals surface area contributed by atoms with Crippen molar-refractivity contribution in [3.63, 3.8) is 0 Å². The molecule has 0 bridgehead atoms. The van der Waals surface area contributed by atoms with Gasteiger partial charge in [-0.3, -0.25) is 4.79 Å². The Morgan fingerprint density at radius 3 is 2.19 bits per heavy atom. The van der Waals surface area contributed by atoms with Crippen LogP contribution >= 0.6 is 0 Å². The number of hydrogen-bond acceptors (Lipinski definition) is 2. The first kappa shape index (κ1) is 13.0. The van der Waals surface area contributed by atoms with Gasteiger partial charge >= 0.3 is 0 Å². The summed E-state index contributed by atoms with van der Waals surface area (Å²) >= 11 is 0. The molecule has 0 atom stereocenters. The zero-order valence-corrected chi connectivity index (χ0v) is 10.5. The van der Waals surface area contributed by atoms with E-state index in [0.717, 1.165) is 12.1 Å². The number of rotatable bonds is 4. The van der Waals surface area contributed by atoms with Crippen molar-refractivity contribution in [2.24, 2.45) is 0 Å². The summed E-state index contributed by atoms with van der Waals surface area (Å²) in [6.45, 7) is 5.43. The second kappa shape index (κ2) is 4.84. The van der Waals surface area contributed by atoms with Gasteiger partial charge < -0.3 is 4.43 Å². The Morgan fingerprint density at radius 1 is 1.25 bits per heavy atom. The highest BCUT2D eigenvalue weighted by Gasteiger charge is 2.21. The van der Waals surface area contributed by atoms with E-state index in [4.69, 9.17) is 4.43 Å². The minimum absolute atomic E-state index is 0.270. The lowest BCUT2D eigenvalue weighted by Gasteiger charge is -2.16. The van der Waals surface area contributed by atoms with Gasteiger partial charge in [-0.05, 0) is 31.8 Å². The van der Waals surface area contributed by atoms with Gasteiger partial charge in [0.15, 0.2) is 14.1 Å². The smallest absolute Gasteiger partial charge is 0.193 e. The Labute approximate surface area is 94.4 Å². The van der Waals surface area contributed by atoms with Crippen LogP contribution in [0.3, 0.4) is 0 Å². The van der Waals surface area contributed by atoms with E-state index in [2.05, 4.69) is 0 Å². The van der Waals surface area contributed by atoms with Crippen molar-refractivity contribution < 1.29 is 18.0 Å². The molecular formula is C11H14F2O2Si. The molecule has 1 aromatic rings. The summed E-state index contributed by atoms with van der Waals surface area (Å²) in [5.74, 6) is -2.34. The van der Waals surface area contributed by atoms with Crippen LogP contribution < -0.4 is 0 Å². The molecule has 0 N–H and O–H groups in total. The van der Waals surface area contributed by atoms with Gasteiger partial charge in [0, 0.05) is 0 Å². The fourth-order valence-electron chi connectivity index (χ4n) is 1.12. The SMILES string of the molecule is C[Si](C)(C)OCC(=O)c1c(F)cccc1F. The summed E-state index contributed by atoms with van der Waals surface area (Å²) in [4.78, 5) is 11.6. The molecule has 16 heavy (non-hydrogen) atoms. The average molecular weight is 244 g/mol. The maximum absolute atomic E-state index is 13.2. The summed E-state index contributed by atoms with van der Waals surface area (Å²) in [5, 5.41) is 0. The molecule has 0 spiro atoms. The Kier molecular flexibility index (Phi) is 3.93. The number of ketones is 1. The molecule has 88 valence electrons. The van der Waals surface area contributed by atoms with Gasteiger partial charge in [-0.2, -0.15) is 0 Å². The van der Waals surface area contributed by atoms with Crippen LogP contribution in [0.2, 0.25) is 19.6 Å². The number of hydrogen-bond donors (Lipinski definition) is 0. The normalized spacial score (nSPS) is 11.6. The van der Waals surface area contributed by atoms with Crippen molar-refractivity contribution in [2.45, 2.75) is 19.6 Å². The lowest BCUT2D eigenvalue weighted by molar-refractivity contribution is 0.0907. The third kappa shape index (κ3) is 3.50. The standard InChI is InChI=1S/C11H14F2O2Si/c1-16(2,3)15-7-10(14)11-8(12)5-4-6-9(11)13/h4-6H,7H2,1-3H3. The Bertz CT molecular complexity index is 379. The molecule has 0 aromatic heterocycles. The second-order valence-corrected chi connectivity index (χ2v) is 8.93. The topological polar surface area (TPSA) is 26.3 Å². The van der Waals surface area contributed by atoms with Crippen molar-refractivity contribution in [2.75, 3.05) is 6.61 Å². The lowest BCUT2D eigenvalue weighted by atomic mass is 10.1. The predicted molar refractivity (Wildman–Crippen MR) is 60.0 cm³/mol. The molecule has 1 aromatic carbocycles. The maximum atomic E-state index is 13.2. The molecule has 0 aliphatic heterocycles. The largest absolute Gasteiger partial charge is 0.410 e. The Balaban J connectivity index is 2.81. The van der Waals surface area contributed by atoms with Crippen molar-refractivity contribution in [3.05, 3.63) is 35.4 Å². The third-order valence-electron chi connectivity index (χ3n) is 1.88. The Hall–Kier alpha value is -1.07. The van der Waals surface area contributed by atoms with Crippen LogP contribution in [0.5, 0.6) is 0 Å². The molecule has 0 unspecified atom stereocenters. The molecule has 5 heteroatoms. The van der Waals surface area contributed by atoms with Gasteiger partial charge in [-0.15, -0.1) is 0 Å². The summed E-state index contributed by atoms with van der Waals surface area (Å²) in [6, 6.07) is 3.34. The summed E-state index contributed by atoms with van der Waals surface area (Å²) in [6.07, 6.45) is 0. The van der Waals surface area contributed by atoms with E-state index in [1.165, 1.54) is 6.07 Å². The van der Waals surface area contributed by atoms with E-state index in [1.807, 2.05) is 19.6 Å². The summed E-state index contributed by atoms with van der Waals surface area (Å²) in [7, 11) is -1.85. The quantitative estimate of drug-likeness (QED) is 0.601. The van der Waals surface area contributed by atoms with Crippen LogP contribution in [-0.4, -0.2) is 20.7 Å². The molecule has 2 nitrogen and oxygen atoms in total. The van der Waals surface area contributed by atoms with E-state index >= 15 is 0 Å². The van der Waals surface area contributed by atoms with E-state index in [-0.39, 0.29) is 6.61 Å². The van der Waals surface area contributed by atoms with E-state index in [9.17, 15) is 13.6 Å². The van der Waals surface area contributed by atoms with Crippen LogP contribution in [0.4, 0.5) is 8.78 Å². The molecule has 0 aliphatic rings. The molecule has 0 radical (unpaired) electrons. The number of Topliss-reactive ketones (excluding diaryl/α,β-unsaturated/α-hetero) is 1. The maximum Gasteiger partial charge on any atom is 0.193 e. The minimum atomic E-state index is -1.85. The van der Waals surface area contributed by atoms with E-state index in [0.29, 0.717) is 0 Å². The molecule has 1 rings (SSSR count). The average Bonchev–Trinajstić information content (AvgIpc) is 2.13. The highest BCUT2D eigenvalue weighted by atomic mass is 28.4. The van der Waals surface area contributed by atoms with Gasteiger partial charge in [-0.25, -0.2) is 8.78 Å². The lowest BCUT2D eigenvalue weighted by Crippen LogP contribution is -2.29. The fraction of sp³-hybridized carbons (Fsp3) is 0.364. The van der Waals surface area contributed by atoms with Gasteiger partial charge in [-0.1, -0.05) is 6.07 Å². The minimum Gasteiger partial charge on any atom is -0.410 e. The molecule has 0 saturated heterocycles. The van der Waals surface area contributed by atoms with Crippen molar-refractivity contribution >= 4 is 14.1 Å². The second-order valence-electron chi connectivity index (χ2n) is 4.42. The summed E-state index contributed by atoms with van der Waals surface area (Å²) < 4.78 is 31.7. The Morgan fingerprint density at radius 2 is 1.75 bits per heavy atom. The zero-order valence-electron chi connectivity index (χ0n) is 9.51. The fourth-order valence-corrected chi connectivity index (χ4v) is 1.68. The first-order valence-corrected chi connectivity index (χ1v) is 8.33. The number of halogens is 2. The zero-order chi connectivity index (χ0) is 12.3. The van der Waals surface area contributed by atoms with E-state index in [1.54, 1.807) is 0 Å². The molecule has 0 fully saturated rings. The van der Waals surface area contributed by atoms with Crippen LogP contribution in [0.25, 0.3) is 0 Å².